The van der Waals surface area contributed by atoms with E-state index < -0.39 is 6.04 Å². The highest BCUT2D eigenvalue weighted by Crippen LogP contribution is 2.35. The molecule has 0 aromatic heterocycles. The summed E-state index contributed by atoms with van der Waals surface area (Å²) in [4.78, 5) is 26.9. The Morgan fingerprint density at radius 1 is 1.16 bits per heavy atom. The first-order chi connectivity index (χ1) is 15.5. The van der Waals surface area contributed by atoms with Crippen molar-refractivity contribution in [3.63, 3.8) is 0 Å². The number of fused-ring (bicyclic) bond motifs is 1. The molecule has 2 N–H and O–H groups in total. The van der Waals surface area contributed by atoms with Crippen LogP contribution < -0.4 is 20.2 Å². The van der Waals surface area contributed by atoms with Crippen LogP contribution >= 0.6 is 11.6 Å². The lowest BCUT2D eigenvalue weighted by atomic mass is 10.0. The molecule has 2 unspecified atom stereocenters. The summed E-state index contributed by atoms with van der Waals surface area (Å²) in [5.74, 6) is 0.905. The number of ether oxygens (including phenoxy) is 2. The fourth-order valence-corrected chi connectivity index (χ4v) is 4.10. The Kier molecular flexibility index (Phi) is 6.53. The van der Waals surface area contributed by atoms with Gasteiger partial charge in [0.2, 0.25) is 5.91 Å². The highest BCUT2D eigenvalue weighted by atomic mass is 35.5. The molecule has 4 rings (SSSR count). The third-order valence-electron chi connectivity index (χ3n) is 5.63. The monoisotopic (exact) mass is 456 g/mol. The molecule has 0 bridgehead atoms. The molecule has 168 valence electrons. The number of methoxy groups -OCH3 is 2. The van der Waals surface area contributed by atoms with E-state index in [0.29, 0.717) is 29.5 Å². The van der Waals surface area contributed by atoms with Gasteiger partial charge in [-0.3, -0.25) is 9.59 Å². The smallest absolute Gasteiger partial charge is 0.251 e. The van der Waals surface area contributed by atoms with Crippen molar-refractivity contribution in [3.05, 3.63) is 71.0 Å². The quantitative estimate of drug-likeness (QED) is 0.666. The number of hydrazine groups is 1. The number of rotatable bonds is 7. The molecule has 2 heterocycles. The van der Waals surface area contributed by atoms with Crippen LogP contribution in [0, 0.1) is 0 Å². The highest BCUT2D eigenvalue weighted by molar-refractivity contribution is 6.31. The van der Waals surface area contributed by atoms with Gasteiger partial charge in [0.1, 0.15) is 12.6 Å². The Morgan fingerprint density at radius 3 is 2.69 bits per heavy atom. The van der Waals surface area contributed by atoms with E-state index in [4.69, 9.17) is 21.1 Å². The van der Waals surface area contributed by atoms with Gasteiger partial charge in [0.05, 0.1) is 20.3 Å². The van der Waals surface area contributed by atoms with Crippen molar-refractivity contribution in [1.29, 1.82) is 0 Å². The van der Waals surface area contributed by atoms with E-state index in [1.165, 1.54) is 4.90 Å². The summed E-state index contributed by atoms with van der Waals surface area (Å²) in [6.45, 7) is 0.258. The summed E-state index contributed by atoms with van der Waals surface area (Å²) in [7, 11) is 3.18. The predicted molar refractivity (Wildman–Crippen MR) is 120 cm³/mol. The molecule has 0 spiro atoms. The Labute approximate surface area is 191 Å². The van der Waals surface area contributed by atoms with Crippen molar-refractivity contribution >= 4 is 23.4 Å². The van der Waals surface area contributed by atoms with Gasteiger partial charge in [0, 0.05) is 24.0 Å². The normalized spacial score (nSPS) is 19.7. The number of carbonyl (C=O) groups excluding carboxylic acids is 2. The Hall–Kier alpha value is -3.23. The zero-order chi connectivity index (χ0) is 22.7. The first-order valence-corrected chi connectivity index (χ1v) is 10.6. The van der Waals surface area contributed by atoms with Crippen LogP contribution in [0.25, 0.3) is 0 Å². The fraction of sp³-hybridized carbons (Fsp3) is 0.304. The molecule has 8 nitrogen and oxygen atoms in total. The largest absolute Gasteiger partial charge is 0.493 e. The van der Waals surface area contributed by atoms with E-state index in [-0.39, 0.29) is 24.4 Å². The number of benzene rings is 2. The maximum absolute atomic E-state index is 13.0. The van der Waals surface area contributed by atoms with Gasteiger partial charge in [-0.2, -0.15) is 0 Å². The van der Waals surface area contributed by atoms with Crippen LogP contribution in [0.1, 0.15) is 23.6 Å². The second-order valence-electron chi connectivity index (χ2n) is 7.59. The summed E-state index contributed by atoms with van der Waals surface area (Å²) in [5.41, 5.74) is 5.16. The lowest BCUT2D eigenvalue weighted by Crippen LogP contribution is -2.50. The predicted octanol–water partition coefficient (Wildman–Crippen LogP) is 2.61. The molecular weight excluding hydrogens is 432 g/mol. The number of hydrogen-bond donors (Lipinski definition) is 2. The van der Waals surface area contributed by atoms with Gasteiger partial charge in [0.15, 0.2) is 11.5 Å². The standard InChI is InChI=1S/C23H25ClN4O4/c1-31-20-8-7-15(11-21(20)32-2)18-12-19-23(30)27(9-10-28(19)26-18)14-22(29)25-13-16-5-3-4-6-17(16)24/h3-11,18-19,26H,12-14H2,1-2H3,(H,25,29). The van der Waals surface area contributed by atoms with Crippen LogP contribution in [-0.2, 0) is 16.1 Å². The van der Waals surface area contributed by atoms with Crippen molar-refractivity contribution in [1.82, 2.24) is 20.7 Å². The molecule has 0 radical (unpaired) electrons. The van der Waals surface area contributed by atoms with E-state index in [9.17, 15) is 9.59 Å². The van der Waals surface area contributed by atoms with Gasteiger partial charge < -0.3 is 24.7 Å². The van der Waals surface area contributed by atoms with Crippen LogP contribution in [0.2, 0.25) is 5.02 Å². The number of nitrogens with zero attached hydrogens (tertiary/aromatic N) is 2. The van der Waals surface area contributed by atoms with Crippen LogP contribution in [0.4, 0.5) is 0 Å². The van der Waals surface area contributed by atoms with Crippen molar-refractivity contribution in [2.24, 2.45) is 0 Å². The molecule has 2 aromatic carbocycles. The molecule has 1 saturated heterocycles. The Balaban J connectivity index is 1.37. The molecule has 2 atom stereocenters. The molecule has 32 heavy (non-hydrogen) atoms. The number of amides is 2. The van der Waals surface area contributed by atoms with Crippen LogP contribution in [-0.4, -0.2) is 48.5 Å². The number of nitrogens with one attached hydrogen (secondary N) is 2. The molecular formula is C23H25ClN4O4. The summed E-state index contributed by atoms with van der Waals surface area (Å²) in [6.07, 6.45) is 3.97. The second-order valence-corrected chi connectivity index (χ2v) is 7.99. The van der Waals surface area contributed by atoms with Crippen molar-refractivity contribution in [2.75, 3.05) is 20.8 Å². The van der Waals surface area contributed by atoms with Gasteiger partial charge >= 0.3 is 0 Å². The molecule has 9 heteroatoms. The lowest BCUT2D eigenvalue weighted by Gasteiger charge is -2.31. The van der Waals surface area contributed by atoms with Gasteiger partial charge in [-0.05, 0) is 35.7 Å². The summed E-state index contributed by atoms with van der Waals surface area (Å²) in [6, 6.07) is 12.6. The van der Waals surface area contributed by atoms with Crippen molar-refractivity contribution in [2.45, 2.75) is 25.0 Å². The first-order valence-electron chi connectivity index (χ1n) is 10.3. The Bertz CT molecular complexity index is 1040. The van der Waals surface area contributed by atoms with Crippen molar-refractivity contribution < 1.29 is 19.1 Å². The number of hydrogen-bond acceptors (Lipinski definition) is 6. The lowest BCUT2D eigenvalue weighted by molar-refractivity contribution is -0.138. The SMILES string of the molecule is COc1ccc(C2CC3C(=O)N(CC(=O)NCc4ccccc4Cl)C=CN3N2)cc1OC. The molecule has 0 saturated carbocycles. The maximum atomic E-state index is 13.0. The average molecular weight is 457 g/mol. The minimum Gasteiger partial charge on any atom is -0.493 e. The van der Waals surface area contributed by atoms with E-state index in [2.05, 4.69) is 10.7 Å². The van der Waals surface area contributed by atoms with Crippen LogP contribution in [0.15, 0.2) is 54.9 Å². The molecule has 2 aliphatic rings. The zero-order valence-corrected chi connectivity index (χ0v) is 18.6. The van der Waals surface area contributed by atoms with E-state index in [1.807, 2.05) is 36.4 Å². The summed E-state index contributed by atoms with van der Waals surface area (Å²) in [5, 5.41) is 5.21. The minimum atomic E-state index is -0.394. The third kappa shape index (κ3) is 4.51. The topological polar surface area (TPSA) is 83.1 Å². The Morgan fingerprint density at radius 2 is 1.94 bits per heavy atom. The van der Waals surface area contributed by atoms with E-state index in [0.717, 1.165) is 11.1 Å². The summed E-state index contributed by atoms with van der Waals surface area (Å²) >= 11 is 6.13. The second kappa shape index (κ2) is 9.50. The molecule has 1 fully saturated rings. The van der Waals surface area contributed by atoms with Gasteiger partial charge in [0.25, 0.3) is 5.91 Å². The average Bonchev–Trinajstić information content (AvgIpc) is 3.25. The minimum absolute atomic E-state index is 0.0504. The molecule has 0 aliphatic carbocycles. The van der Waals surface area contributed by atoms with Gasteiger partial charge in [-0.1, -0.05) is 35.9 Å². The zero-order valence-electron chi connectivity index (χ0n) is 17.9. The number of carbonyl (C=O) groups is 2. The third-order valence-corrected chi connectivity index (χ3v) is 6.00. The van der Waals surface area contributed by atoms with Gasteiger partial charge in [-0.25, -0.2) is 5.43 Å². The highest BCUT2D eigenvalue weighted by Gasteiger charge is 2.40. The van der Waals surface area contributed by atoms with E-state index >= 15 is 0 Å². The maximum Gasteiger partial charge on any atom is 0.251 e. The number of halogens is 1. The van der Waals surface area contributed by atoms with Gasteiger partial charge in [-0.15, -0.1) is 0 Å². The molecule has 2 amide bonds. The fourth-order valence-electron chi connectivity index (χ4n) is 3.90. The molecule has 2 aromatic rings. The van der Waals surface area contributed by atoms with Crippen molar-refractivity contribution in [3.8, 4) is 11.5 Å². The van der Waals surface area contributed by atoms with Crippen LogP contribution in [0.5, 0.6) is 11.5 Å². The first kappa shape index (κ1) is 22.0. The summed E-state index contributed by atoms with van der Waals surface area (Å²) < 4.78 is 10.7. The van der Waals surface area contributed by atoms with Crippen LogP contribution in [0.3, 0.4) is 0 Å². The van der Waals surface area contributed by atoms with E-state index in [1.54, 1.807) is 37.7 Å². The molecule has 2 aliphatic heterocycles.